The van der Waals surface area contributed by atoms with Gasteiger partial charge in [-0.2, -0.15) is 0 Å². The van der Waals surface area contributed by atoms with Gasteiger partial charge in [-0.1, -0.05) is 62.4 Å². The van der Waals surface area contributed by atoms with Gasteiger partial charge in [-0.3, -0.25) is 0 Å². The van der Waals surface area contributed by atoms with Crippen molar-refractivity contribution in [3.63, 3.8) is 0 Å². The van der Waals surface area contributed by atoms with Crippen LogP contribution in [-0.2, 0) is 0 Å². The molecule has 0 aliphatic heterocycles. The fourth-order valence-electron chi connectivity index (χ4n) is 2.76. The van der Waals surface area contributed by atoms with E-state index >= 15 is 0 Å². The lowest BCUT2D eigenvalue weighted by Crippen LogP contribution is -2.46. The molecular weight excluding hydrogens is 206 g/mol. The quantitative estimate of drug-likeness (QED) is 0.820. The Morgan fingerprint density at radius 1 is 1.18 bits per heavy atom. The molecule has 0 radical (unpaired) electrons. The predicted molar refractivity (Wildman–Crippen MR) is 73.8 cm³/mol. The van der Waals surface area contributed by atoms with E-state index in [1.165, 1.54) is 11.1 Å². The van der Waals surface area contributed by atoms with Gasteiger partial charge >= 0.3 is 0 Å². The molecule has 1 aliphatic rings. The minimum Gasteiger partial charge on any atom is -0.321 e. The number of benzene rings is 1. The molecule has 1 aromatic rings. The molecule has 0 bridgehead atoms. The second-order valence-corrected chi connectivity index (χ2v) is 5.33. The molecule has 90 valence electrons. The van der Waals surface area contributed by atoms with Gasteiger partial charge in [0.2, 0.25) is 0 Å². The van der Waals surface area contributed by atoms with Gasteiger partial charge in [0.05, 0.1) is 0 Å². The first-order chi connectivity index (χ1) is 8.03. The van der Waals surface area contributed by atoms with Crippen molar-refractivity contribution in [1.29, 1.82) is 0 Å². The number of hydrogen-bond donors (Lipinski definition) is 1. The van der Waals surface area contributed by atoms with Crippen molar-refractivity contribution in [2.75, 3.05) is 0 Å². The van der Waals surface area contributed by atoms with E-state index in [4.69, 9.17) is 5.73 Å². The maximum absolute atomic E-state index is 6.58. The lowest BCUT2D eigenvalue weighted by Gasteiger charge is -2.39. The summed E-state index contributed by atoms with van der Waals surface area (Å²) in [6.45, 7) is 6.55. The summed E-state index contributed by atoms with van der Waals surface area (Å²) in [5.74, 6) is 0.757. The van der Waals surface area contributed by atoms with Crippen LogP contribution in [0, 0.1) is 5.92 Å². The minimum absolute atomic E-state index is 0.270. The SMILES string of the molecule is CC(C)C1=CC=CC(c2ccccc2)C1(C)N. The molecule has 1 aliphatic carbocycles. The van der Waals surface area contributed by atoms with Gasteiger partial charge in [0, 0.05) is 11.5 Å². The van der Waals surface area contributed by atoms with Crippen molar-refractivity contribution in [3.05, 3.63) is 59.7 Å². The van der Waals surface area contributed by atoms with Crippen LogP contribution < -0.4 is 5.73 Å². The van der Waals surface area contributed by atoms with Gasteiger partial charge < -0.3 is 5.73 Å². The van der Waals surface area contributed by atoms with Crippen molar-refractivity contribution in [2.24, 2.45) is 11.7 Å². The molecular formula is C16H21N. The van der Waals surface area contributed by atoms with E-state index in [0.717, 1.165) is 0 Å². The first-order valence-corrected chi connectivity index (χ1v) is 6.26. The van der Waals surface area contributed by atoms with Gasteiger partial charge in [0.15, 0.2) is 0 Å². The average molecular weight is 227 g/mol. The van der Waals surface area contributed by atoms with Gasteiger partial charge in [-0.05, 0) is 24.0 Å². The molecule has 1 aromatic carbocycles. The maximum atomic E-state index is 6.58. The third-order valence-electron chi connectivity index (χ3n) is 3.63. The van der Waals surface area contributed by atoms with Crippen molar-refractivity contribution >= 4 is 0 Å². The van der Waals surface area contributed by atoms with Crippen LogP contribution >= 0.6 is 0 Å². The Labute approximate surface area is 104 Å². The maximum Gasteiger partial charge on any atom is 0.0450 e. The molecule has 17 heavy (non-hydrogen) atoms. The van der Waals surface area contributed by atoms with E-state index in [2.05, 4.69) is 63.3 Å². The topological polar surface area (TPSA) is 26.0 Å². The number of hydrogen-bond acceptors (Lipinski definition) is 1. The van der Waals surface area contributed by atoms with E-state index in [-0.39, 0.29) is 11.5 Å². The second kappa shape index (κ2) is 4.50. The molecule has 1 heteroatoms. The van der Waals surface area contributed by atoms with Crippen molar-refractivity contribution in [2.45, 2.75) is 32.2 Å². The second-order valence-electron chi connectivity index (χ2n) is 5.33. The standard InChI is InChI=1S/C16H21N/c1-12(2)14-10-7-11-15(16(14,3)17)13-8-5-4-6-9-13/h4-12,15H,17H2,1-3H3. The van der Waals surface area contributed by atoms with Gasteiger partial charge in [-0.25, -0.2) is 0 Å². The largest absolute Gasteiger partial charge is 0.321 e. The summed E-state index contributed by atoms with van der Waals surface area (Å²) in [5, 5.41) is 0. The third kappa shape index (κ3) is 2.20. The highest BCUT2D eigenvalue weighted by atomic mass is 14.8. The summed E-state index contributed by atoms with van der Waals surface area (Å²) in [4.78, 5) is 0. The van der Waals surface area contributed by atoms with E-state index < -0.39 is 0 Å². The Kier molecular flexibility index (Phi) is 3.21. The molecule has 0 amide bonds. The summed E-state index contributed by atoms with van der Waals surface area (Å²) in [6.07, 6.45) is 6.52. The lowest BCUT2D eigenvalue weighted by molar-refractivity contribution is 0.444. The van der Waals surface area contributed by atoms with Gasteiger partial charge in [-0.15, -0.1) is 0 Å². The van der Waals surface area contributed by atoms with Crippen molar-refractivity contribution in [1.82, 2.24) is 0 Å². The highest BCUT2D eigenvalue weighted by Gasteiger charge is 2.35. The Hall–Kier alpha value is -1.34. The van der Waals surface area contributed by atoms with Crippen LogP contribution in [0.4, 0.5) is 0 Å². The lowest BCUT2D eigenvalue weighted by atomic mass is 9.70. The molecule has 0 spiro atoms. The fraction of sp³-hybridized carbons (Fsp3) is 0.375. The predicted octanol–water partition coefficient (Wildman–Crippen LogP) is 3.64. The Morgan fingerprint density at radius 3 is 2.41 bits per heavy atom. The van der Waals surface area contributed by atoms with Crippen LogP contribution in [0.5, 0.6) is 0 Å². The zero-order chi connectivity index (χ0) is 12.5. The van der Waals surface area contributed by atoms with Crippen molar-refractivity contribution < 1.29 is 0 Å². The third-order valence-corrected chi connectivity index (χ3v) is 3.63. The normalized spacial score (nSPS) is 28.3. The number of allylic oxidation sites excluding steroid dienone is 2. The van der Waals surface area contributed by atoms with Crippen LogP contribution in [0.2, 0.25) is 0 Å². The summed E-state index contributed by atoms with van der Waals surface area (Å²) >= 11 is 0. The molecule has 2 atom stereocenters. The molecule has 2 N–H and O–H groups in total. The van der Waals surface area contributed by atoms with E-state index in [1.807, 2.05) is 6.07 Å². The smallest absolute Gasteiger partial charge is 0.0450 e. The van der Waals surface area contributed by atoms with E-state index in [0.29, 0.717) is 5.92 Å². The molecule has 2 unspecified atom stereocenters. The minimum atomic E-state index is -0.287. The summed E-state index contributed by atoms with van der Waals surface area (Å²) < 4.78 is 0. The first-order valence-electron chi connectivity index (χ1n) is 6.26. The molecule has 0 saturated carbocycles. The average Bonchev–Trinajstić information content (AvgIpc) is 2.28. The van der Waals surface area contributed by atoms with Crippen LogP contribution in [0.1, 0.15) is 32.3 Å². The summed E-state index contributed by atoms with van der Waals surface area (Å²) in [5.41, 5.74) is 8.91. The Morgan fingerprint density at radius 2 is 1.82 bits per heavy atom. The molecule has 0 aromatic heterocycles. The highest BCUT2D eigenvalue weighted by Crippen LogP contribution is 2.38. The Balaban J connectivity index is 2.39. The van der Waals surface area contributed by atoms with Gasteiger partial charge in [0.1, 0.15) is 0 Å². The Bertz CT molecular complexity index is 438. The van der Waals surface area contributed by atoms with Gasteiger partial charge in [0.25, 0.3) is 0 Å². The monoisotopic (exact) mass is 227 g/mol. The van der Waals surface area contributed by atoms with Crippen LogP contribution in [-0.4, -0.2) is 5.54 Å². The fourth-order valence-corrected chi connectivity index (χ4v) is 2.76. The van der Waals surface area contributed by atoms with Crippen LogP contribution in [0.15, 0.2) is 54.1 Å². The first kappa shape index (κ1) is 12.1. The zero-order valence-electron chi connectivity index (χ0n) is 10.9. The van der Waals surface area contributed by atoms with Crippen molar-refractivity contribution in [3.8, 4) is 0 Å². The number of rotatable bonds is 2. The molecule has 2 rings (SSSR count). The molecule has 1 nitrogen and oxygen atoms in total. The zero-order valence-corrected chi connectivity index (χ0v) is 10.9. The van der Waals surface area contributed by atoms with E-state index in [1.54, 1.807) is 0 Å². The molecule has 0 fully saturated rings. The van der Waals surface area contributed by atoms with Crippen LogP contribution in [0.3, 0.4) is 0 Å². The van der Waals surface area contributed by atoms with E-state index in [9.17, 15) is 0 Å². The molecule has 0 saturated heterocycles. The van der Waals surface area contributed by atoms with Crippen LogP contribution in [0.25, 0.3) is 0 Å². The molecule has 0 heterocycles. The summed E-state index contributed by atoms with van der Waals surface area (Å²) in [7, 11) is 0. The number of nitrogens with two attached hydrogens (primary N) is 1. The highest BCUT2D eigenvalue weighted by molar-refractivity contribution is 5.41. The summed E-state index contributed by atoms with van der Waals surface area (Å²) in [6, 6.07) is 10.5.